The van der Waals surface area contributed by atoms with E-state index in [4.69, 9.17) is 22.1 Å². The smallest absolute Gasteiger partial charge is 0.326 e. The molecular weight excluding hydrogens is 300 g/mol. The van der Waals surface area contributed by atoms with E-state index in [0.717, 1.165) is 37.5 Å². The summed E-state index contributed by atoms with van der Waals surface area (Å²) in [5.41, 5.74) is 6.65. The third-order valence-corrected chi connectivity index (χ3v) is 4.46. The summed E-state index contributed by atoms with van der Waals surface area (Å²) in [6.45, 7) is 5.02. The Balaban J connectivity index is 1.81. The minimum atomic E-state index is -0.815. The maximum absolute atomic E-state index is 12.1. The van der Waals surface area contributed by atoms with Gasteiger partial charge in [0.1, 0.15) is 5.54 Å². The molecule has 0 saturated carbocycles. The van der Waals surface area contributed by atoms with Gasteiger partial charge in [-0.3, -0.25) is 9.69 Å². The van der Waals surface area contributed by atoms with Crippen molar-refractivity contribution >= 4 is 17.6 Å². The minimum absolute atomic E-state index is 0.243. The number of halogens is 1. The van der Waals surface area contributed by atoms with Crippen LogP contribution < -0.4 is 5.73 Å². The molecule has 5 heteroatoms. The molecule has 2 rings (SSSR count). The molecule has 0 amide bonds. The van der Waals surface area contributed by atoms with Crippen LogP contribution in [0.15, 0.2) is 24.3 Å². The number of nitrogens with zero attached hydrogens (tertiary/aromatic N) is 1. The molecule has 1 aromatic rings. The van der Waals surface area contributed by atoms with Crippen LogP contribution >= 0.6 is 11.6 Å². The van der Waals surface area contributed by atoms with Gasteiger partial charge in [-0.15, -0.1) is 0 Å². The predicted octanol–water partition coefficient (Wildman–Crippen LogP) is 2.98. The third kappa shape index (κ3) is 4.70. The van der Waals surface area contributed by atoms with Crippen LogP contribution in [0.1, 0.15) is 38.2 Å². The van der Waals surface area contributed by atoms with E-state index in [2.05, 4.69) is 11.8 Å². The summed E-state index contributed by atoms with van der Waals surface area (Å²) in [4.78, 5) is 14.4. The highest BCUT2D eigenvalue weighted by Gasteiger charge is 2.38. The molecule has 0 unspecified atom stereocenters. The van der Waals surface area contributed by atoms with Crippen molar-refractivity contribution in [3.8, 4) is 0 Å². The van der Waals surface area contributed by atoms with Crippen LogP contribution in [0.25, 0.3) is 0 Å². The lowest BCUT2D eigenvalue weighted by molar-refractivity contribution is -0.152. The molecule has 0 spiro atoms. The van der Waals surface area contributed by atoms with Crippen LogP contribution in [0, 0.1) is 0 Å². The van der Waals surface area contributed by atoms with E-state index in [1.807, 2.05) is 24.3 Å². The number of likely N-dealkylation sites (tertiary alicyclic amines) is 1. The quantitative estimate of drug-likeness (QED) is 0.645. The summed E-state index contributed by atoms with van der Waals surface area (Å²) in [6.07, 6.45) is 3.20. The monoisotopic (exact) mass is 324 g/mol. The number of piperidine rings is 1. The van der Waals surface area contributed by atoms with Crippen molar-refractivity contribution < 1.29 is 9.53 Å². The Kier molecular flexibility index (Phi) is 6.24. The van der Waals surface area contributed by atoms with Gasteiger partial charge >= 0.3 is 5.97 Å². The van der Waals surface area contributed by atoms with Gasteiger partial charge < -0.3 is 10.5 Å². The molecular formula is C17H25ClN2O2. The molecule has 0 aliphatic carbocycles. The molecule has 1 saturated heterocycles. The predicted molar refractivity (Wildman–Crippen MR) is 88.7 cm³/mol. The molecule has 1 aliphatic heterocycles. The highest BCUT2D eigenvalue weighted by Crippen LogP contribution is 2.23. The number of unbranched alkanes of at least 4 members (excludes halogenated alkanes) is 1. The zero-order valence-corrected chi connectivity index (χ0v) is 13.9. The normalized spacial score (nSPS) is 18.1. The second kappa shape index (κ2) is 7.95. The molecule has 0 aromatic heterocycles. The largest absolute Gasteiger partial charge is 0.464 e. The number of hydrogen-bond acceptors (Lipinski definition) is 4. The van der Waals surface area contributed by atoms with Crippen molar-refractivity contribution in [2.24, 2.45) is 5.73 Å². The van der Waals surface area contributed by atoms with Gasteiger partial charge in [-0.1, -0.05) is 37.1 Å². The summed E-state index contributed by atoms with van der Waals surface area (Å²) in [5.74, 6) is -0.243. The van der Waals surface area contributed by atoms with Crippen LogP contribution in [0.4, 0.5) is 0 Å². The number of esters is 1. The SMILES string of the molecule is CCCCOC(=O)C1(N)CCN(Cc2ccc(Cl)cc2)CC1. The minimum Gasteiger partial charge on any atom is -0.464 e. The van der Waals surface area contributed by atoms with Crippen LogP contribution in [0.3, 0.4) is 0 Å². The first-order valence-corrected chi connectivity index (χ1v) is 8.34. The van der Waals surface area contributed by atoms with Crippen LogP contribution in [-0.4, -0.2) is 36.1 Å². The third-order valence-electron chi connectivity index (χ3n) is 4.21. The Labute approximate surface area is 137 Å². The molecule has 1 aliphatic rings. The van der Waals surface area contributed by atoms with E-state index in [0.29, 0.717) is 19.4 Å². The van der Waals surface area contributed by atoms with Crippen molar-refractivity contribution in [3.05, 3.63) is 34.9 Å². The molecule has 1 heterocycles. The van der Waals surface area contributed by atoms with Crippen molar-refractivity contribution in [2.75, 3.05) is 19.7 Å². The van der Waals surface area contributed by atoms with E-state index < -0.39 is 5.54 Å². The molecule has 122 valence electrons. The first-order chi connectivity index (χ1) is 10.5. The molecule has 22 heavy (non-hydrogen) atoms. The average molecular weight is 325 g/mol. The highest BCUT2D eigenvalue weighted by atomic mass is 35.5. The Morgan fingerprint density at radius 1 is 1.32 bits per heavy atom. The Hall–Kier alpha value is -1.10. The lowest BCUT2D eigenvalue weighted by Gasteiger charge is -2.37. The lowest BCUT2D eigenvalue weighted by atomic mass is 9.88. The number of carbonyl (C=O) groups is 1. The van der Waals surface area contributed by atoms with Gasteiger partial charge in [-0.25, -0.2) is 0 Å². The van der Waals surface area contributed by atoms with Gasteiger partial charge in [0.2, 0.25) is 0 Å². The lowest BCUT2D eigenvalue weighted by Crippen LogP contribution is -2.56. The molecule has 0 bridgehead atoms. The van der Waals surface area contributed by atoms with Crippen molar-refractivity contribution in [3.63, 3.8) is 0 Å². The van der Waals surface area contributed by atoms with Crippen molar-refractivity contribution in [1.82, 2.24) is 4.90 Å². The number of hydrogen-bond donors (Lipinski definition) is 1. The molecule has 1 fully saturated rings. The fourth-order valence-corrected chi connectivity index (χ4v) is 2.74. The van der Waals surface area contributed by atoms with E-state index in [-0.39, 0.29) is 5.97 Å². The Morgan fingerprint density at radius 2 is 1.95 bits per heavy atom. The fraction of sp³-hybridized carbons (Fsp3) is 0.588. The second-order valence-corrected chi connectivity index (χ2v) is 6.48. The van der Waals surface area contributed by atoms with Gasteiger partial charge in [0, 0.05) is 24.7 Å². The fourth-order valence-electron chi connectivity index (χ4n) is 2.62. The van der Waals surface area contributed by atoms with E-state index in [1.165, 1.54) is 5.56 Å². The van der Waals surface area contributed by atoms with Crippen LogP contribution in [-0.2, 0) is 16.1 Å². The number of nitrogens with two attached hydrogens (primary N) is 1. The number of ether oxygens (including phenoxy) is 1. The highest BCUT2D eigenvalue weighted by molar-refractivity contribution is 6.30. The number of rotatable bonds is 6. The number of benzene rings is 1. The van der Waals surface area contributed by atoms with Crippen molar-refractivity contribution in [2.45, 2.75) is 44.7 Å². The van der Waals surface area contributed by atoms with E-state index in [1.54, 1.807) is 0 Å². The van der Waals surface area contributed by atoms with Crippen LogP contribution in [0.5, 0.6) is 0 Å². The molecule has 4 nitrogen and oxygen atoms in total. The second-order valence-electron chi connectivity index (χ2n) is 6.05. The van der Waals surface area contributed by atoms with E-state index >= 15 is 0 Å². The first-order valence-electron chi connectivity index (χ1n) is 7.96. The Bertz CT molecular complexity index is 482. The van der Waals surface area contributed by atoms with Gasteiger partial charge in [-0.2, -0.15) is 0 Å². The average Bonchev–Trinajstić information content (AvgIpc) is 2.52. The summed E-state index contributed by atoms with van der Waals surface area (Å²) in [6, 6.07) is 7.87. The molecule has 1 aromatic carbocycles. The van der Waals surface area contributed by atoms with E-state index in [9.17, 15) is 4.79 Å². The topological polar surface area (TPSA) is 55.6 Å². The van der Waals surface area contributed by atoms with Gasteiger partial charge in [-0.05, 0) is 37.0 Å². The van der Waals surface area contributed by atoms with Gasteiger partial charge in [0.15, 0.2) is 0 Å². The van der Waals surface area contributed by atoms with Gasteiger partial charge in [0.25, 0.3) is 0 Å². The maximum Gasteiger partial charge on any atom is 0.326 e. The summed E-state index contributed by atoms with van der Waals surface area (Å²) < 4.78 is 5.29. The Morgan fingerprint density at radius 3 is 2.55 bits per heavy atom. The molecule has 2 N–H and O–H groups in total. The van der Waals surface area contributed by atoms with Gasteiger partial charge in [0.05, 0.1) is 6.61 Å². The summed E-state index contributed by atoms with van der Waals surface area (Å²) >= 11 is 5.90. The van der Waals surface area contributed by atoms with Crippen molar-refractivity contribution in [1.29, 1.82) is 0 Å². The first kappa shape index (κ1) is 17.3. The molecule has 0 atom stereocenters. The van der Waals surface area contributed by atoms with Crippen LogP contribution in [0.2, 0.25) is 5.02 Å². The maximum atomic E-state index is 12.1. The molecule has 0 radical (unpaired) electrons. The zero-order valence-electron chi connectivity index (χ0n) is 13.2. The zero-order chi connectivity index (χ0) is 16.0. The summed E-state index contributed by atoms with van der Waals surface area (Å²) in [5, 5.41) is 0.748. The standard InChI is InChI=1S/C17H25ClN2O2/c1-2-3-12-22-16(21)17(19)8-10-20(11-9-17)13-14-4-6-15(18)7-5-14/h4-7H,2-3,8-13,19H2,1H3. The summed E-state index contributed by atoms with van der Waals surface area (Å²) in [7, 11) is 0. The number of carbonyl (C=O) groups excluding carboxylic acids is 1.